The highest BCUT2D eigenvalue weighted by atomic mass is 16.5. The van der Waals surface area contributed by atoms with Crippen molar-refractivity contribution in [3.05, 3.63) is 53.7 Å². The molecule has 3 aromatic rings. The van der Waals surface area contributed by atoms with E-state index in [0.29, 0.717) is 11.5 Å². The number of amides is 1. The van der Waals surface area contributed by atoms with Gasteiger partial charge in [0.1, 0.15) is 5.75 Å². The smallest absolute Gasteiger partial charge is 0.227 e. The summed E-state index contributed by atoms with van der Waals surface area (Å²) in [5.41, 5.74) is 4.93. The van der Waals surface area contributed by atoms with Crippen LogP contribution in [0.3, 0.4) is 0 Å². The Hall–Kier alpha value is -3.46. The molecule has 182 valence electrons. The molecule has 1 aliphatic carbocycles. The summed E-state index contributed by atoms with van der Waals surface area (Å²) < 4.78 is 5.62. The first kappa shape index (κ1) is 23.3. The van der Waals surface area contributed by atoms with Crippen LogP contribution < -0.4 is 15.0 Å². The Morgan fingerprint density at radius 3 is 2.57 bits per heavy atom. The number of carbonyl (C=O) groups excluding carboxylic acids is 1. The fourth-order valence-electron chi connectivity index (χ4n) is 5.72. The lowest BCUT2D eigenvalue weighted by molar-refractivity contribution is -0.120. The highest BCUT2D eigenvalue weighted by Crippen LogP contribution is 2.40. The number of piperidine rings is 1. The van der Waals surface area contributed by atoms with Gasteiger partial charge >= 0.3 is 0 Å². The summed E-state index contributed by atoms with van der Waals surface area (Å²) in [5, 5.41) is 13.6. The Morgan fingerprint density at radius 1 is 1.09 bits per heavy atom. The Bertz CT molecular complexity index is 1240. The summed E-state index contributed by atoms with van der Waals surface area (Å²) >= 11 is 0. The van der Waals surface area contributed by atoms with Crippen molar-refractivity contribution >= 4 is 28.2 Å². The molecule has 35 heavy (non-hydrogen) atoms. The Balaban J connectivity index is 1.23. The number of H-pyrrole nitrogens is 1. The van der Waals surface area contributed by atoms with Gasteiger partial charge in [0.15, 0.2) is 0 Å². The largest absolute Gasteiger partial charge is 0.495 e. The topological polar surface area (TPSA) is 81.1 Å². The number of ether oxygens (including phenoxy) is 1. The van der Waals surface area contributed by atoms with Crippen LogP contribution in [0.25, 0.3) is 10.9 Å². The number of rotatable bonds is 5. The van der Waals surface area contributed by atoms with Gasteiger partial charge < -0.3 is 19.9 Å². The molecule has 1 saturated heterocycles. The van der Waals surface area contributed by atoms with Gasteiger partial charge in [-0.15, -0.1) is 0 Å². The van der Waals surface area contributed by atoms with Crippen LogP contribution in [0.15, 0.2) is 42.6 Å². The molecule has 1 saturated carbocycles. The molecule has 2 aromatic carbocycles. The van der Waals surface area contributed by atoms with Gasteiger partial charge in [-0.2, -0.15) is 5.26 Å². The number of aromatic nitrogens is 1. The van der Waals surface area contributed by atoms with E-state index in [0.717, 1.165) is 72.7 Å². The van der Waals surface area contributed by atoms with Gasteiger partial charge in [0.25, 0.3) is 0 Å². The number of carbonyl (C=O) groups is 1. The number of aromatic amines is 1. The van der Waals surface area contributed by atoms with Crippen molar-refractivity contribution in [1.29, 1.82) is 5.26 Å². The van der Waals surface area contributed by atoms with E-state index in [9.17, 15) is 10.1 Å². The van der Waals surface area contributed by atoms with Crippen LogP contribution in [-0.2, 0) is 4.79 Å². The first-order valence-corrected chi connectivity index (χ1v) is 12.8. The lowest BCUT2D eigenvalue weighted by Gasteiger charge is -2.33. The zero-order chi connectivity index (χ0) is 24.4. The average Bonchev–Trinajstić information content (AvgIpc) is 3.32. The number of benzene rings is 2. The maximum atomic E-state index is 13.1. The fourth-order valence-corrected chi connectivity index (χ4v) is 5.72. The molecule has 0 atom stereocenters. The van der Waals surface area contributed by atoms with E-state index in [2.05, 4.69) is 40.5 Å². The second-order valence-corrected chi connectivity index (χ2v) is 10.2. The van der Waals surface area contributed by atoms with Gasteiger partial charge in [0.05, 0.1) is 24.4 Å². The normalized spacial score (nSPS) is 21.0. The number of nitrogens with one attached hydrogen (secondary N) is 2. The van der Waals surface area contributed by atoms with Crippen LogP contribution in [0.5, 0.6) is 5.75 Å². The van der Waals surface area contributed by atoms with E-state index in [1.54, 1.807) is 7.11 Å². The summed E-state index contributed by atoms with van der Waals surface area (Å²) in [4.78, 5) is 18.9. The van der Waals surface area contributed by atoms with Crippen molar-refractivity contribution in [2.24, 2.45) is 11.8 Å². The quantitative estimate of drug-likeness (QED) is 0.465. The van der Waals surface area contributed by atoms with Gasteiger partial charge in [0, 0.05) is 41.8 Å². The summed E-state index contributed by atoms with van der Waals surface area (Å²) in [5.74, 6) is 2.16. The number of anilines is 2. The maximum Gasteiger partial charge on any atom is 0.227 e. The van der Waals surface area contributed by atoms with Crippen LogP contribution in [0, 0.1) is 23.2 Å². The zero-order valence-electron chi connectivity index (χ0n) is 20.6. The predicted molar refractivity (Wildman–Crippen MR) is 140 cm³/mol. The summed E-state index contributed by atoms with van der Waals surface area (Å²) in [6.07, 6.45) is 8.12. The van der Waals surface area contributed by atoms with Crippen molar-refractivity contribution < 1.29 is 9.53 Å². The van der Waals surface area contributed by atoms with Crippen LogP contribution >= 0.6 is 0 Å². The second kappa shape index (κ2) is 10.0. The fraction of sp³-hybridized carbons (Fsp3) is 0.448. The molecule has 0 radical (unpaired) electrons. The third-order valence-electron chi connectivity index (χ3n) is 7.95. The molecule has 6 heteroatoms. The predicted octanol–water partition coefficient (Wildman–Crippen LogP) is 6.20. The highest BCUT2D eigenvalue weighted by Gasteiger charge is 2.29. The van der Waals surface area contributed by atoms with Crippen molar-refractivity contribution in [1.82, 2.24) is 4.98 Å². The third-order valence-corrected chi connectivity index (χ3v) is 7.95. The van der Waals surface area contributed by atoms with E-state index in [1.165, 1.54) is 18.4 Å². The van der Waals surface area contributed by atoms with E-state index < -0.39 is 0 Å². The monoisotopic (exact) mass is 470 g/mol. The molecule has 1 aliphatic heterocycles. The molecule has 5 rings (SSSR count). The van der Waals surface area contributed by atoms with Crippen LogP contribution in [0.4, 0.5) is 11.4 Å². The van der Waals surface area contributed by atoms with E-state index in [-0.39, 0.29) is 11.8 Å². The number of hydrogen-bond acceptors (Lipinski definition) is 4. The summed E-state index contributed by atoms with van der Waals surface area (Å²) in [6.45, 7) is 4.34. The Morgan fingerprint density at radius 2 is 1.86 bits per heavy atom. The molecule has 0 bridgehead atoms. The number of nitrogens with zero attached hydrogens (tertiary/aromatic N) is 2. The minimum atomic E-state index is 0.0208. The molecular formula is C29H34N4O2. The van der Waals surface area contributed by atoms with Crippen LogP contribution in [-0.4, -0.2) is 31.1 Å². The molecule has 2 N–H and O–H groups in total. The van der Waals surface area contributed by atoms with Gasteiger partial charge in [-0.25, -0.2) is 0 Å². The molecule has 1 amide bonds. The third kappa shape index (κ3) is 4.86. The van der Waals surface area contributed by atoms with Crippen molar-refractivity contribution in [2.75, 3.05) is 30.4 Å². The first-order valence-electron chi connectivity index (χ1n) is 12.8. The Labute approximate surface area is 207 Å². The van der Waals surface area contributed by atoms with Crippen molar-refractivity contribution in [2.45, 2.75) is 51.4 Å². The lowest BCUT2D eigenvalue weighted by atomic mass is 9.78. The molecular weight excluding hydrogens is 436 g/mol. The minimum absolute atomic E-state index is 0.0208. The molecule has 2 aliphatic rings. The zero-order valence-corrected chi connectivity index (χ0v) is 20.6. The number of hydrogen-bond donors (Lipinski definition) is 2. The van der Waals surface area contributed by atoms with Gasteiger partial charge in [-0.1, -0.05) is 6.92 Å². The van der Waals surface area contributed by atoms with Gasteiger partial charge in [-0.05, 0) is 92.3 Å². The van der Waals surface area contributed by atoms with Crippen molar-refractivity contribution in [3.63, 3.8) is 0 Å². The van der Waals surface area contributed by atoms with Crippen molar-refractivity contribution in [3.8, 4) is 11.8 Å². The Kier molecular flexibility index (Phi) is 6.68. The SMILES string of the molecule is COc1ccc(NC(=O)C2CCC(c3c[nH]c4ccc(C#N)cc34)CC2)cc1N1CCC(C)CC1. The van der Waals surface area contributed by atoms with Crippen LogP contribution in [0.2, 0.25) is 0 Å². The minimum Gasteiger partial charge on any atom is -0.495 e. The van der Waals surface area contributed by atoms with Gasteiger partial charge in [-0.3, -0.25) is 4.79 Å². The van der Waals surface area contributed by atoms with E-state index >= 15 is 0 Å². The summed E-state index contributed by atoms with van der Waals surface area (Å²) in [7, 11) is 1.71. The molecule has 0 unspecified atom stereocenters. The second-order valence-electron chi connectivity index (χ2n) is 10.2. The molecule has 0 spiro atoms. The number of methoxy groups -OCH3 is 1. The summed E-state index contributed by atoms with van der Waals surface area (Å²) in [6, 6.07) is 14.0. The van der Waals surface area contributed by atoms with E-state index in [4.69, 9.17) is 4.74 Å². The van der Waals surface area contributed by atoms with Gasteiger partial charge in [0.2, 0.25) is 5.91 Å². The molecule has 2 heterocycles. The maximum absolute atomic E-state index is 13.1. The van der Waals surface area contributed by atoms with Crippen LogP contribution in [0.1, 0.15) is 62.5 Å². The average molecular weight is 471 g/mol. The first-order chi connectivity index (χ1) is 17.1. The lowest BCUT2D eigenvalue weighted by Crippen LogP contribution is -2.33. The highest BCUT2D eigenvalue weighted by molar-refractivity contribution is 5.93. The molecule has 6 nitrogen and oxygen atoms in total. The standard InChI is InChI=1S/C29H34N4O2/c1-19-11-13-33(14-12-19)27-16-23(8-10-28(27)35-2)32-29(34)22-6-4-21(5-7-22)25-18-31-26-9-3-20(17-30)15-24(25)26/h3,8-10,15-16,18-19,21-22,31H,4-7,11-14H2,1-2H3,(H,32,34). The number of fused-ring (bicyclic) bond motifs is 1. The molecule has 2 fully saturated rings. The number of nitriles is 1. The molecule has 1 aromatic heterocycles. The van der Waals surface area contributed by atoms with E-state index in [1.807, 2.05) is 30.3 Å².